The molecule has 1 aromatic carbocycles. The lowest BCUT2D eigenvalue weighted by Gasteiger charge is -2.30. The molecular formula is C17H20N2O3S. The average Bonchev–Trinajstić information content (AvgIpc) is 3.15. The van der Waals surface area contributed by atoms with Gasteiger partial charge in [-0.25, -0.2) is 13.1 Å². The number of fused-ring (bicyclic) bond motifs is 3. The highest BCUT2D eigenvalue weighted by atomic mass is 32.2. The second-order valence-corrected chi connectivity index (χ2v) is 8.34. The predicted octanol–water partition coefficient (Wildman–Crippen LogP) is 1.92. The summed E-state index contributed by atoms with van der Waals surface area (Å²) in [5.41, 5.74) is 0.669. The van der Waals surface area contributed by atoms with Gasteiger partial charge in [-0.05, 0) is 55.4 Å². The smallest absolute Gasteiger partial charge is 0.241 e. The summed E-state index contributed by atoms with van der Waals surface area (Å²) in [5.74, 6) is 0.837. The minimum atomic E-state index is -3.64. The highest BCUT2D eigenvalue weighted by Crippen LogP contribution is 2.48. The van der Waals surface area contributed by atoms with Crippen LogP contribution in [0.1, 0.15) is 19.3 Å². The van der Waals surface area contributed by atoms with Crippen LogP contribution in [0.5, 0.6) is 0 Å². The Morgan fingerprint density at radius 3 is 2.83 bits per heavy atom. The second-order valence-electron chi connectivity index (χ2n) is 6.65. The summed E-state index contributed by atoms with van der Waals surface area (Å²) in [7, 11) is -3.64. The van der Waals surface area contributed by atoms with Crippen molar-refractivity contribution in [3.63, 3.8) is 0 Å². The minimum absolute atomic E-state index is 0.0385. The molecule has 2 N–H and O–H groups in total. The average molecular weight is 332 g/mol. The van der Waals surface area contributed by atoms with E-state index in [2.05, 4.69) is 9.71 Å². The molecule has 0 amide bonds. The Hall–Kier alpha value is -1.50. The molecule has 5 nitrogen and oxygen atoms in total. The first kappa shape index (κ1) is 15.1. The molecule has 122 valence electrons. The van der Waals surface area contributed by atoms with Gasteiger partial charge in [0.15, 0.2) is 0 Å². The van der Waals surface area contributed by atoms with Crippen LogP contribution in [0.25, 0.3) is 10.9 Å². The summed E-state index contributed by atoms with van der Waals surface area (Å²) in [6, 6.07) is 8.51. The van der Waals surface area contributed by atoms with E-state index in [1.165, 1.54) is 0 Å². The van der Waals surface area contributed by atoms with Gasteiger partial charge in [-0.3, -0.25) is 4.98 Å². The van der Waals surface area contributed by atoms with Gasteiger partial charge in [0.1, 0.15) is 0 Å². The van der Waals surface area contributed by atoms with Gasteiger partial charge in [-0.2, -0.15) is 0 Å². The van der Waals surface area contributed by atoms with Crippen LogP contribution in [-0.4, -0.2) is 31.2 Å². The number of sulfonamides is 1. The van der Waals surface area contributed by atoms with Gasteiger partial charge in [0.25, 0.3) is 0 Å². The number of aromatic nitrogens is 1. The van der Waals surface area contributed by atoms with E-state index in [4.69, 9.17) is 0 Å². The van der Waals surface area contributed by atoms with Crippen LogP contribution in [0.3, 0.4) is 0 Å². The fourth-order valence-electron chi connectivity index (χ4n) is 4.41. The van der Waals surface area contributed by atoms with Gasteiger partial charge in [0.05, 0.1) is 10.4 Å². The van der Waals surface area contributed by atoms with E-state index in [1.807, 2.05) is 6.07 Å². The SMILES string of the molecule is O=S(=O)(NC1C2CCC(C2)C1CO)c1cccc2ncccc12. The van der Waals surface area contributed by atoms with Crippen molar-refractivity contribution in [1.29, 1.82) is 0 Å². The fraction of sp³-hybridized carbons (Fsp3) is 0.471. The molecule has 6 heteroatoms. The first-order valence-corrected chi connectivity index (χ1v) is 9.55. The lowest BCUT2D eigenvalue weighted by molar-refractivity contribution is 0.153. The van der Waals surface area contributed by atoms with Crippen molar-refractivity contribution in [3.8, 4) is 0 Å². The van der Waals surface area contributed by atoms with Crippen molar-refractivity contribution in [3.05, 3.63) is 36.5 Å². The number of nitrogens with zero attached hydrogens (tertiary/aromatic N) is 1. The summed E-state index contributed by atoms with van der Waals surface area (Å²) in [5, 5.41) is 10.3. The van der Waals surface area contributed by atoms with Crippen LogP contribution in [0.4, 0.5) is 0 Å². The third-order valence-corrected chi connectivity index (χ3v) is 7.00. The minimum Gasteiger partial charge on any atom is -0.396 e. The molecule has 2 bridgehead atoms. The molecule has 23 heavy (non-hydrogen) atoms. The topological polar surface area (TPSA) is 79.3 Å². The van der Waals surface area contributed by atoms with Crippen molar-refractivity contribution in [2.24, 2.45) is 17.8 Å². The van der Waals surface area contributed by atoms with E-state index in [-0.39, 0.29) is 23.5 Å². The zero-order chi connectivity index (χ0) is 16.0. The quantitative estimate of drug-likeness (QED) is 0.896. The Balaban J connectivity index is 1.70. The van der Waals surface area contributed by atoms with E-state index in [9.17, 15) is 13.5 Å². The highest BCUT2D eigenvalue weighted by Gasteiger charge is 2.48. The van der Waals surface area contributed by atoms with Crippen LogP contribution >= 0.6 is 0 Å². The third-order valence-electron chi connectivity index (χ3n) is 5.49. The molecule has 0 saturated heterocycles. The highest BCUT2D eigenvalue weighted by molar-refractivity contribution is 7.89. The zero-order valence-corrected chi connectivity index (χ0v) is 13.5. The number of aliphatic hydroxyl groups excluding tert-OH is 1. The molecule has 4 rings (SSSR count). The Labute approximate surface area is 135 Å². The molecule has 0 aliphatic heterocycles. The van der Waals surface area contributed by atoms with Crippen LogP contribution in [-0.2, 0) is 10.0 Å². The molecule has 4 unspecified atom stereocenters. The number of hydrogen-bond donors (Lipinski definition) is 2. The normalized spacial score (nSPS) is 30.1. The van der Waals surface area contributed by atoms with Crippen LogP contribution in [0.2, 0.25) is 0 Å². The van der Waals surface area contributed by atoms with Crippen molar-refractivity contribution >= 4 is 20.9 Å². The monoisotopic (exact) mass is 332 g/mol. The molecule has 4 atom stereocenters. The Morgan fingerprint density at radius 1 is 1.17 bits per heavy atom. The van der Waals surface area contributed by atoms with E-state index in [0.29, 0.717) is 22.7 Å². The van der Waals surface area contributed by atoms with Gasteiger partial charge in [0, 0.05) is 30.1 Å². The molecule has 2 aliphatic carbocycles. The molecule has 1 heterocycles. The largest absolute Gasteiger partial charge is 0.396 e. The van der Waals surface area contributed by atoms with Crippen molar-refractivity contribution in [1.82, 2.24) is 9.71 Å². The van der Waals surface area contributed by atoms with Crippen molar-refractivity contribution in [2.45, 2.75) is 30.2 Å². The number of rotatable bonds is 4. The molecule has 2 aromatic rings. The molecule has 2 saturated carbocycles. The molecule has 1 aromatic heterocycles. The number of aliphatic hydroxyl groups is 1. The summed E-state index contributed by atoms with van der Waals surface area (Å²) in [4.78, 5) is 4.49. The van der Waals surface area contributed by atoms with Crippen molar-refractivity contribution < 1.29 is 13.5 Å². The molecular weight excluding hydrogens is 312 g/mol. The standard InChI is InChI=1S/C17H20N2O3S/c20-10-14-11-6-7-12(9-11)17(14)19-23(21,22)16-5-1-4-15-13(16)3-2-8-18-15/h1-5,8,11-12,14,17,19-20H,6-7,9-10H2. The Morgan fingerprint density at radius 2 is 2.00 bits per heavy atom. The number of pyridine rings is 1. The predicted molar refractivity (Wildman–Crippen MR) is 87.3 cm³/mol. The van der Waals surface area contributed by atoms with Gasteiger partial charge >= 0.3 is 0 Å². The second kappa shape index (κ2) is 5.54. The number of benzene rings is 1. The van der Waals surface area contributed by atoms with Crippen LogP contribution in [0, 0.1) is 17.8 Å². The Kier molecular flexibility index (Phi) is 3.63. The maximum absolute atomic E-state index is 12.9. The number of hydrogen-bond acceptors (Lipinski definition) is 4. The lowest BCUT2D eigenvalue weighted by Crippen LogP contribution is -2.45. The maximum atomic E-state index is 12.9. The summed E-state index contributed by atoms with van der Waals surface area (Å²) >= 11 is 0. The summed E-state index contributed by atoms with van der Waals surface area (Å²) in [6.07, 6.45) is 4.83. The first-order chi connectivity index (χ1) is 11.1. The van der Waals surface area contributed by atoms with Gasteiger partial charge in [0.2, 0.25) is 10.0 Å². The molecule has 0 spiro atoms. The third kappa shape index (κ3) is 2.45. The maximum Gasteiger partial charge on any atom is 0.241 e. The first-order valence-electron chi connectivity index (χ1n) is 8.07. The molecule has 0 radical (unpaired) electrons. The summed E-state index contributed by atoms with van der Waals surface area (Å²) < 4.78 is 28.7. The van der Waals surface area contributed by atoms with Gasteiger partial charge in [-0.1, -0.05) is 6.07 Å². The number of nitrogens with one attached hydrogen (secondary N) is 1. The van der Waals surface area contributed by atoms with Crippen molar-refractivity contribution in [2.75, 3.05) is 6.61 Å². The molecule has 2 fully saturated rings. The van der Waals surface area contributed by atoms with E-state index >= 15 is 0 Å². The van der Waals surface area contributed by atoms with E-state index in [1.54, 1.807) is 30.5 Å². The fourth-order valence-corrected chi connectivity index (χ4v) is 5.98. The van der Waals surface area contributed by atoms with E-state index < -0.39 is 10.0 Å². The van der Waals surface area contributed by atoms with Gasteiger partial charge in [-0.15, -0.1) is 0 Å². The van der Waals surface area contributed by atoms with Crippen LogP contribution in [0.15, 0.2) is 41.4 Å². The van der Waals surface area contributed by atoms with Gasteiger partial charge < -0.3 is 5.11 Å². The lowest BCUT2D eigenvalue weighted by atomic mass is 9.86. The van der Waals surface area contributed by atoms with Crippen LogP contribution < -0.4 is 4.72 Å². The zero-order valence-electron chi connectivity index (χ0n) is 12.7. The van der Waals surface area contributed by atoms with E-state index in [0.717, 1.165) is 19.3 Å². The summed E-state index contributed by atoms with van der Waals surface area (Å²) in [6.45, 7) is 0.0471. The molecule has 2 aliphatic rings. The Bertz CT molecular complexity index is 831.